The molecule has 4 nitrogen and oxygen atoms in total. The van der Waals surface area contributed by atoms with E-state index in [1.165, 1.54) is 43.5 Å². The molecule has 0 aliphatic heterocycles. The van der Waals surface area contributed by atoms with E-state index in [0.29, 0.717) is 16.3 Å². The third-order valence-corrected chi connectivity index (χ3v) is 3.07. The number of hydrogen-bond acceptors (Lipinski definition) is 4. The fraction of sp³-hybridized carbons (Fsp3) is 0.133. The molecular weight excluding hydrogens is 297 g/mol. The van der Waals surface area contributed by atoms with Crippen molar-refractivity contribution < 1.29 is 18.7 Å². The highest BCUT2D eigenvalue weighted by Gasteiger charge is 2.13. The highest BCUT2D eigenvalue weighted by atomic mass is 35.5. The molecule has 2 N–H and O–H groups in total. The van der Waals surface area contributed by atoms with Crippen LogP contribution < -0.4 is 10.5 Å². The summed E-state index contributed by atoms with van der Waals surface area (Å²) in [6, 6.07) is 8.45. The normalized spacial score (nSPS) is 10.2. The van der Waals surface area contributed by atoms with Gasteiger partial charge in [0, 0.05) is 16.3 Å². The molecular formula is C15H13ClFNO3. The first-order valence-corrected chi connectivity index (χ1v) is 6.43. The highest BCUT2D eigenvalue weighted by Crippen LogP contribution is 2.22. The van der Waals surface area contributed by atoms with Crippen LogP contribution in [0, 0.1) is 5.82 Å². The summed E-state index contributed by atoms with van der Waals surface area (Å²) >= 11 is 5.76. The average molecular weight is 310 g/mol. The Bertz CT molecular complexity index is 676. The summed E-state index contributed by atoms with van der Waals surface area (Å²) in [4.78, 5) is 12.0. The number of carbonyl (C=O) groups excluding carboxylic acids is 1. The summed E-state index contributed by atoms with van der Waals surface area (Å²) in [6.07, 6.45) is 0. The van der Waals surface area contributed by atoms with Crippen molar-refractivity contribution in [3.63, 3.8) is 0 Å². The molecule has 6 heteroatoms. The molecule has 0 aliphatic carbocycles. The number of ether oxygens (including phenoxy) is 2. The molecule has 2 rings (SSSR count). The van der Waals surface area contributed by atoms with Crippen LogP contribution >= 0.6 is 11.6 Å². The van der Waals surface area contributed by atoms with Gasteiger partial charge < -0.3 is 15.2 Å². The lowest BCUT2D eigenvalue weighted by atomic mass is 10.2. The van der Waals surface area contributed by atoms with Crippen LogP contribution in [0.4, 0.5) is 10.1 Å². The zero-order valence-corrected chi connectivity index (χ0v) is 12.0. The van der Waals surface area contributed by atoms with Crippen molar-refractivity contribution in [1.29, 1.82) is 0 Å². The van der Waals surface area contributed by atoms with E-state index in [1.807, 2.05) is 0 Å². The summed E-state index contributed by atoms with van der Waals surface area (Å²) in [6.45, 7) is -0.123. The summed E-state index contributed by atoms with van der Waals surface area (Å²) in [7, 11) is 1.45. The molecule has 0 saturated heterocycles. The molecule has 21 heavy (non-hydrogen) atoms. The maximum absolute atomic E-state index is 13.2. The lowest BCUT2D eigenvalue weighted by molar-refractivity contribution is 0.0471. The second-order valence-corrected chi connectivity index (χ2v) is 4.70. The molecule has 0 bridgehead atoms. The van der Waals surface area contributed by atoms with Gasteiger partial charge in [0.05, 0.1) is 12.7 Å². The van der Waals surface area contributed by atoms with E-state index < -0.39 is 11.8 Å². The van der Waals surface area contributed by atoms with Gasteiger partial charge >= 0.3 is 5.97 Å². The van der Waals surface area contributed by atoms with E-state index in [9.17, 15) is 9.18 Å². The SMILES string of the molecule is COc1ccc(F)cc1COC(=O)c1ccc(Cl)cc1N. The van der Waals surface area contributed by atoms with E-state index in [4.69, 9.17) is 26.8 Å². The summed E-state index contributed by atoms with van der Waals surface area (Å²) in [5.41, 5.74) is 6.56. The Morgan fingerprint density at radius 1 is 1.29 bits per heavy atom. The van der Waals surface area contributed by atoms with Crippen LogP contribution in [0.1, 0.15) is 15.9 Å². The molecule has 0 spiro atoms. The number of esters is 1. The van der Waals surface area contributed by atoms with Crippen LogP contribution in [0.15, 0.2) is 36.4 Å². The maximum atomic E-state index is 13.2. The first kappa shape index (κ1) is 15.1. The number of rotatable bonds is 4. The largest absolute Gasteiger partial charge is 0.496 e. The Balaban J connectivity index is 2.12. The van der Waals surface area contributed by atoms with Crippen LogP contribution in [-0.4, -0.2) is 13.1 Å². The summed E-state index contributed by atoms with van der Waals surface area (Å²) < 4.78 is 23.4. The predicted octanol–water partition coefficient (Wildman–Crippen LogP) is 3.43. The van der Waals surface area contributed by atoms with E-state index in [2.05, 4.69) is 0 Å². The van der Waals surface area contributed by atoms with Crippen molar-refractivity contribution in [2.45, 2.75) is 6.61 Å². The Labute approximate surface area is 126 Å². The maximum Gasteiger partial charge on any atom is 0.340 e. The molecule has 0 heterocycles. The molecule has 0 fully saturated rings. The molecule has 110 valence electrons. The number of nitrogens with two attached hydrogens (primary N) is 1. The molecule has 0 amide bonds. The number of hydrogen-bond donors (Lipinski definition) is 1. The number of halogens is 2. The lowest BCUT2D eigenvalue weighted by Gasteiger charge is -2.10. The minimum Gasteiger partial charge on any atom is -0.496 e. The van der Waals surface area contributed by atoms with Crippen molar-refractivity contribution in [1.82, 2.24) is 0 Å². The molecule has 0 saturated carbocycles. The smallest absolute Gasteiger partial charge is 0.340 e. The predicted molar refractivity (Wildman–Crippen MR) is 77.9 cm³/mol. The zero-order valence-electron chi connectivity index (χ0n) is 11.2. The Kier molecular flexibility index (Phi) is 4.65. The number of nitrogen functional groups attached to an aromatic ring is 1. The van der Waals surface area contributed by atoms with Crippen LogP contribution in [0.25, 0.3) is 0 Å². The zero-order chi connectivity index (χ0) is 15.4. The number of carbonyl (C=O) groups is 1. The number of benzene rings is 2. The van der Waals surface area contributed by atoms with Gasteiger partial charge in [0.2, 0.25) is 0 Å². The molecule has 0 unspecified atom stereocenters. The van der Waals surface area contributed by atoms with Gasteiger partial charge in [-0.3, -0.25) is 0 Å². The number of methoxy groups -OCH3 is 1. The fourth-order valence-corrected chi connectivity index (χ4v) is 1.98. The molecule has 2 aromatic rings. The standard InChI is InChI=1S/C15H13ClFNO3/c1-20-14-5-3-11(17)6-9(14)8-21-15(19)12-4-2-10(16)7-13(12)18/h2-7H,8,18H2,1H3. The first-order valence-electron chi connectivity index (χ1n) is 6.06. The molecule has 0 aromatic heterocycles. The van der Waals surface area contributed by atoms with Gasteiger partial charge in [-0.1, -0.05) is 11.6 Å². The van der Waals surface area contributed by atoms with Crippen molar-refractivity contribution in [2.24, 2.45) is 0 Å². The minimum atomic E-state index is -0.615. The fourth-order valence-electron chi connectivity index (χ4n) is 1.80. The summed E-state index contributed by atoms with van der Waals surface area (Å²) in [5.74, 6) is -0.614. The minimum absolute atomic E-state index is 0.123. The molecule has 0 radical (unpaired) electrons. The van der Waals surface area contributed by atoms with Gasteiger partial charge in [-0.2, -0.15) is 0 Å². The van der Waals surface area contributed by atoms with Gasteiger partial charge in [-0.05, 0) is 36.4 Å². The van der Waals surface area contributed by atoms with Gasteiger partial charge in [0.1, 0.15) is 18.2 Å². The Hall–Kier alpha value is -2.27. The third-order valence-electron chi connectivity index (χ3n) is 2.83. The van der Waals surface area contributed by atoms with Gasteiger partial charge in [0.25, 0.3) is 0 Å². The highest BCUT2D eigenvalue weighted by molar-refractivity contribution is 6.31. The van der Waals surface area contributed by atoms with Gasteiger partial charge in [0.15, 0.2) is 0 Å². The van der Waals surface area contributed by atoms with E-state index in [1.54, 1.807) is 0 Å². The van der Waals surface area contributed by atoms with Gasteiger partial charge in [-0.15, -0.1) is 0 Å². The van der Waals surface area contributed by atoms with Crippen molar-refractivity contribution in [3.8, 4) is 5.75 Å². The quantitative estimate of drug-likeness (QED) is 0.694. The van der Waals surface area contributed by atoms with Gasteiger partial charge in [-0.25, -0.2) is 9.18 Å². The second-order valence-electron chi connectivity index (χ2n) is 4.26. The number of anilines is 1. The van der Waals surface area contributed by atoms with Crippen molar-refractivity contribution in [2.75, 3.05) is 12.8 Å². The topological polar surface area (TPSA) is 61.5 Å². The monoisotopic (exact) mass is 309 g/mol. The Morgan fingerprint density at radius 2 is 2.05 bits per heavy atom. The molecule has 0 aliphatic rings. The Morgan fingerprint density at radius 3 is 2.71 bits per heavy atom. The lowest BCUT2D eigenvalue weighted by Crippen LogP contribution is -2.09. The average Bonchev–Trinajstić information content (AvgIpc) is 2.45. The van der Waals surface area contributed by atoms with Crippen LogP contribution in [0.2, 0.25) is 5.02 Å². The van der Waals surface area contributed by atoms with Crippen molar-refractivity contribution in [3.05, 3.63) is 58.4 Å². The van der Waals surface area contributed by atoms with Crippen LogP contribution in [-0.2, 0) is 11.3 Å². The first-order chi connectivity index (χ1) is 10.0. The van der Waals surface area contributed by atoms with E-state index in [-0.39, 0.29) is 17.9 Å². The second kappa shape index (κ2) is 6.45. The van der Waals surface area contributed by atoms with Crippen LogP contribution in [0.3, 0.4) is 0 Å². The molecule has 0 atom stereocenters. The van der Waals surface area contributed by atoms with E-state index >= 15 is 0 Å². The van der Waals surface area contributed by atoms with E-state index in [0.717, 1.165) is 0 Å². The van der Waals surface area contributed by atoms with Crippen LogP contribution in [0.5, 0.6) is 5.75 Å². The third kappa shape index (κ3) is 3.64. The molecule has 2 aromatic carbocycles. The summed E-state index contributed by atoms with van der Waals surface area (Å²) in [5, 5.41) is 0.427. The van der Waals surface area contributed by atoms with Crippen molar-refractivity contribution >= 4 is 23.3 Å².